The molecular formula is C32H28BN5O. The molecule has 0 N–H and O–H groups in total. The summed E-state index contributed by atoms with van der Waals surface area (Å²) < 4.78 is 8.03. The Morgan fingerprint density at radius 1 is 0.769 bits per heavy atom. The number of hydrogen-bond acceptors (Lipinski definition) is 5. The summed E-state index contributed by atoms with van der Waals surface area (Å²) in [6, 6.07) is 35.8. The zero-order valence-electron chi connectivity index (χ0n) is 21.6. The van der Waals surface area contributed by atoms with E-state index in [1.54, 1.807) is 6.33 Å². The van der Waals surface area contributed by atoms with Gasteiger partial charge in [-0.05, 0) is 59.5 Å². The molecule has 0 atom stereocenters. The molecule has 0 aliphatic carbocycles. The minimum Gasteiger partial charge on any atom is -0.457 e. The number of nitrogens with zero attached hydrogens (tertiary/aromatic N) is 5. The second-order valence-electron chi connectivity index (χ2n) is 9.45. The molecule has 1 aromatic heterocycles. The van der Waals surface area contributed by atoms with Gasteiger partial charge in [0.25, 0.3) is 0 Å². The van der Waals surface area contributed by atoms with E-state index in [0.29, 0.717) is 18.7 Å². The lowest BCUT2D eigenvalue weighted by Gasteiger charge is -2.23. The van der Waals surface area contributed by atoms with E-state index < -0.39 is 0 Å². The Morgan fingerprint density at radius 3 is 2.15 bits per heavy atom. The van der Waals surface area contributed by atoms with Crippen LogP contribution in [0, 0.1) is 11.3 Å². The highest BCUT2D eigenvalue weighted by molar-refractivity contribution is 6.32. The monoisotopic (exact) mass is 509 g/mol. The van der Waals surface area contributed by atoms with E-state index in [4.69, 9.17) is 17.8 Å². The Bertz CT molecular complexity index is 1510. The molecule has 39 heavy (non-hydrogen) atoms. The van der Waals surface area contributed by atoms with Crippen LogP contribution in [-0.2, 0) is 26.1 Å². The van der Waals surface area contributed by atoms with Crippen molar-refractivity contribution in [1.29, 1.82) is 5.26 Å². The summed E-state index contributed by atoms with van der Waals surface area (Å²) in [7, 11) is 5.88. The standard InChI is InChI=1S/C32H28BN5O/c33-29-14-10-25(11-15-29)18-19-37(21-27-12-16-31(17-13-27)39-30-4-2-1-3-5-30)23-32-36-35-24-38(32)22-28-8-6-26(20-34)7-9-28/h1-17,24H,18-19,21-23H2. The number of nitriles is 1. The van der Waals surface area contributed by atoms with E-state index in [9.17, 15) is 0 Å². The molecule has 7 heteroatoms. The zero-order chi connectivity index (χ0) is 26.9. The van der Waals surface area contributed by atoms with Crippen LogP contribution in [-0.4, -0.2) is 34.1 Å². The molecule has 0 saturated heterocycles. The van der Waals surface area contributed by atoms with Crippen LogP contribution < -0.4 is 10.2 Å². The van der Waals surface area contributed by atoms with Crippen molar-refractivity contribution in [1.82, 2.24) is 19.7 Å². The van der Waals surface area contributed by atoms with Crippen molar-refractivity contribution in [3.63, 3.8) is 0 Å². The van der Waals surface area contributed by atoms with Crippen LogP contribution in [0.15, 0.2) is 109 Å². The minimum absolute atomic E-state index is 0.644. The summed E-state index contributed by atoms with van der Waals surface area (Å²) in [5.74, 6) is 2.51. The molecule has 0 amide bonds. The smallest absolute Gasteiger partial charge is 0.147 e. The van der Waals surface area contributed by atoms with Crippen LogP contribution in [0.4, 0.5) is 0 Å². The van der Waals surface area contributed by atoms with E-state index in [1.165, 1.54) is 11.1 Å². The van der Waals surface area contributed by atoms with Gasteiger partial charge in [0, 0.05) is 13.1 Å². The SMILES string of the molecule is [B]c1ccc(CCN(Cc2ccc(Oc3ccccc3)cc2)Cc2nncn2Cc2ccc(C#N)cc2)cc1. The summed E-state index contributed by atoms with van der Waals surface area (Å²) >= 11 is 0. The summed E-state index contributed by atoms with van der Waals surface area (Å²) in [6.45, 7) is 2.89. The van der Waals surface area contributed by atoms with E-state index in [1.807, 2.05) is 78.9 Å². The quantitative estimate of drug-likeness (QED) is 0.234. The third-order valence-corrected chi connectivity index (χ3v) is 6.50. The molecule has 0 unspecified atom stereocenters. The van der Waals surface area contributed by atoms with Gasteiger partial charge in [0.2, 0.25) is 0 Å². The Balaban J connectivity index is 1.29. The fraction of sp³-hybridized carbons (Fsp3) is 0.156. The van der Waals surface area contributed by atoms with Crippen molar-refractivity contribution in [2.45, 2.75) is 26.1 Å². The van der Waals surface area contributed by atoms with Gasteiger partial charge in [-0.3, -0.25) is 4.90 Å². The highest BCUT2D eigenvalue weighted by Crippen LogP contribution is 2.22. The van der Waals surface area contributed by atoms with Crippen molar-refractivity contribution in [3.05, 3.63) is 138 Å². The van der Waals surface area contributed by atoms with Gasteiger partial charge in [-0.2, -0.15) is 5.26 Å². The number of aromatic nitrogens is 3. The van der Waals surface area contributed by atoms with E-state index in [0.717, 1.165) is 47.9 Å². The maximum atomic E-state index is 9.08. The normalized spacial score (nSPS) is 10.9. The van der Waals surface area contributed by atoms with Gasteiger partial charge in [0.05, 0.1) is 24.7 Å². The number of para-hydroxylation sites is 1. The number of hydrogen-bond donors (Lipinski definition) is 0. The first-order valence-electron chi connectivity index (χ1n) is 12.9. The lowest BCUT2D eigenvalue weighted by molar-refractivity contribution is 0.250. The molecule has 2 radical (unpaired) electrons. The van der Waals surface area contributed by atoms with Crippen molar-refractivity contribution >= 4 is 13.3 Å². The Morgan fingerprint density at radius 2 is 1.44 bits per heavy atom. The average molecular weight is 509 g/mol. The lowest BCUT2D eigenvalue weighted by atomic mass is 9.95. The van der Waals surface area contributed by atoms with Crippen molar-refractivity contribution in [2.75, 3.05) is 6.54 Å². The van der Waals surface area contributed by atoms with Crippen LogP contribution >= 0.6 is 0 Å². The second-order valence-corrected chi connectivity index (χ2v) is 9.45. The molecule has 0 aliphatic rings. The van der Waals surface area contributed by atoms with Crippen LogP contribution in [0.1, 0.15) is 28.1 Å². The molecule has 190 valence electrons. The van der Waals surface area contributed by atoms with Gasteiger partial charge >= 0.3 is 0 Å². The first-order chi connectivity index (χ1) is 19.1. The van der Waals surface area contributed by atoms with E-state index in [2.05, 4.69) is 50.0 Å². The molecule has 0 aliphatic heterocycles. The predicted molar refractivity (Wildman–Crippen MR) is 153 cm³/mol. The van der Waals surface area contributed by atoms with E-state index >= 15 is 0 Å². The Hall–Kier alpha value is -4.67. The largest absolute Gasteiger partial charge is 0.457 e. The van der Waals surface area contributed by atoms with Gasteiger partial charge in [-0.25, -0.2) is 0 Å². The highest BCUT2D eigenvalue weighted by Gasteiger charge is 2.13. The van der Waals surface area contributed by atoms with Gasteiger partial charge in [0.1, 0.15) is 31.5 Å². The molecule has 1 heterocycles. The predicted octanol–water partition coefficient (Wildman–Crippen LogP) is 5.03. The molecule has 0 bridgehead atoms. The topological polar surface area (TPSA) is 67.0 Å². The molecule has 4 aromatic carbocycles. The zero-order valence-corrected chi connectivity index (χ0v) is 21.6. The van der Waals surface area contributed by atoms with Crippen LogP contribution in [0.3, 0.4) is 0 Å². The second kappa shape index (κ2) is 12.7. The summed E-state index contributed by atoms with van der Waals surface area (Å²) in [5, 5.41) is 17.7. The lowest BCUT2D eigenvalue weighted by Crippen LogP contribution is -2.27. The number of rotatable bonds is 11. The first kappa shape index (κ1) is 26.0. The average Bonchev–Trinajstić information content (AvgIpc) is 3.40. The number of benzene rings is 4. The minimum atomic E-state index is 0.644. The number of ether oxygens (including phenoxy) is 1. The molecule has 6 nitrogen and oxygen atoms in total. The summed E-state index contributed by atoms with van der Waals surface area (Å²) in [6.07, 6.45) is 2.65. The van der Waals surface area contributed by atoms with Crippen LogP contribution in [0.5, 0.6) is 11.5 Å². The first-order valence-corrected chi connectivity index (χ1v) is 12.9. The molecular weight excluding hydrogens is 481 g/mol. The van der Waals surface area contributed by atoms with Crippen molar-refractivity contribution in [3.8, 4) is 17.6 Å². The molecule has 0 spiro atoms. The van der Waals surface area contributed by atoms with E-state index in [-0.39, 0.29) is 0 Å². The Kier molecular flexibility index (Phi) is 8.47. The summed E-state index contributed by atoms with van der Waals surface area (Å²) in [4.78, 5) is 2.38. The molecule has 0 fully saturated rings. The van der Waals surface area contributed by atoms with Gasteiger partial charge < -0.3 is 9.30 Å². The molecule has 5 aromatic rings. The highest BCUT2D eigenvalue weighted by atomic mass is 16.5. The van der Waals surface area contributed by atoms with Crippen molar-refractivity contribution < 1.29 is 4.74 Å². The fourth-order valence-electron chi connectivity index (χ4n) is 4.35. The van der Waals surface area contributed by atoms with Gasteiger partial charge in [-0.1, -0.05) is 72.2 Å². The third-order valence-electron chi connectivity index (χ3n) is 6.50. The molecule has 5 rings (SSSR count). The maximum Gasteiger partial charge on any atom is 0.147 e. The van der Waals surface area contributed by atoms with Gasteiger partial charge in [0.15, 0.2) is 0 Å². The van der Waals surface area contributed by atoms with Gasteiger partial charge in [-0.15, -0.1) is 10.2 Å². The van der Waals surface area contributed by atoms with Crippen LogP contribution in [0.25, 0.3) is 0 Å². The fourth-order valence-corrected chi connectivity index (χ4v) is 4.35. The summed E-state index contributed by atoms with van der Waals surface area (Å²) in [5.41, 5.74) is 4.93. The maximum absolute atomic E-state index is 9.08. The Labute approximate surface area is 230 Å². The van der Waals surface area contributed by atoms with Crippen molar-refractivity contribution in [2.24, 2.45) is 0 Å². The van der Waals surface area contributed by atoms with Crippen LogP contribution in [0.2, 0.25) is 0 Å². The molecule has 0 saturated carbocycles. The third kappa shape index (κ3) is 7.44.